The van der Waals surface area contributed by atoms with E-state index < -0.39 is 0 Å². The summed E-state index contributed by atoms with van der Waals surface area (Å²) < 4.78 is 0. The maximum atomic E-state index is 12.0. The quantitative estimate of drug-likeness (QED) is 0.894. The van der Waals surface area contributed by atoms with Crippen molar-refractivity contribution in [1.29, 1.82) is 0 Å². The largest absolute Gasteiger partial charge is 0.397 e. The molecule has 0 fully saturated rings. The number of nitrogens with zero attached hydrogens (tertiary/aromatic N) is 1. The molecule has 0 unspecified atom stereocenters. The van der Waals surface area contributed by atoms with Crippen LogP contribution in [0.4, 0.5) is 5.69 Å². The van der Waals surface area contributed by atoms with Gasteiger partial charge < -0.3 is 11.1 Å². The van der Waals surface area contributed by atoms with Crippen LogP contribution in [0.3, 0.4) is 0 Å². The van der Waals surface area contributed by atoms with Crippen LogP contribution in [-0.4, -0.2) is 17.4 Å². The van der Waals surface area contributed by atoms with E-state index in [1.54, 1.807) is 0 Å². The second-order valence-electron chi connectivity index (χ2n) is 4.75. The molecule has 2 heterocycles. The summed E-state index contributed by atoms with van der Waals surface area (Å²) in [4.78, 5) is 17.8. The Bertz CT molecular complexity index is 589. The van der Waals surface area contributed by atoms with E-state index in [-0.39, 0.29) is 5.91 Å². The van der Waals surface area contributed by atoms with Crippen LogP contribution in [0.1, 0.15) is 29.2 Å². The minimum absolute atomic E-state index is 0.109. The fourth-order valence-corrected chi connectivity index (χ4v) is 2.69. The van der Waals surface area contributed by atoms with Crippen LogP contribution in [0.2, 0.25) is 0 Å². The van der Waals surface area contributed by atoms with Gasteiger partial charge in [0.25, 0.3) is 5.91 Å². The highest BCUT2D eigenvalue weighted by atomic mass is 32.1. The number of thiophene rings is 1. The van der Waals surface area contributed by atoms with Gasteiger partial charge in [0.1, 0.15) is 9.71 Å². The topological polar surface area (TPSA) is 68.0 Å². The summed E-state index contributed by atoms with van der Waals surface area (Å²) in [6.45, 7) is 6.69. The van der Waals surface area contributed by atoms with Gasteiger partial charge in [-0.15, -0.1) is 11.3 Å². The minimum atomic E-state index is -0.109. The number of fused-ring (bicyclic) bond motifs is 1. The van der Waals surface area contributed by atoms with Crippen molar-refractivity contribution in [2.45, 2.75) is 20.8 Å². The van der Waals surface area contributed by atoms with E-state index in [0.29, 0.717) is 23.0 Å². The van der Waals surface area contributed by atoms with Crippen LogP contribution in [-0.2, 0) is 0 Å². The van der Waals surface area contributed by atoms with E-state index in [9.17, 15) is 4.79 Å². The summed E-state index contributed by atoms with van der Waals surface area (Å²) in [6, 6.07) is 3.82. The second-order valence-corrected chi connectivity index (χ2v) is 5.75. The molecule has 5 heteroatoms. The van der Waals surface area contributed by atoms with Gasteiger partial charge in [-0.1, -0.05) is 13.8 Å². The number of rotatable bonds is 3. The van der Waals surface area contributed by atoms with Crippen molar-refractivity contribution >= 4 is 33.1 Å². The molecule has 2 rings (SSSR count). The Labute approximate surface area is 110 Å². The first kappa shape index (κ1) is 12.8. The van der Waals surface area contributed by atoms with Crippen LogP contribution in [0.5, 0.6) is 0 Å². The Hall–Kier alpha value is -1.62. The maximum Gasteiger partial charge on any atom is 0.263 e. The van der Waals surface area contributed by atoms with E-state index >= 15 is 0 Å². The van der Waals surface area contributed by atoms with Crippen LogP contribution in [0.25, 0.3) is 10.2 Å². The third kappa shape index (κ3) is 2.46. The molecule has 0 aliphatic carbocycles. The van der Waals surface area contributed by atoms with Gasteiger partial charge in [0.2, 0.25) is 0 Å². The van der Waals surface area contributed by atoms with Crippen molar-refractivity contribution in [3.63, 3.8) is 0 Å². The molecule has 0 spiro atoms. The van der Waals surface area contributed by atoms with Crippen molar-refractivity contribution < 1.29 is 4.79 Å². The van der Waals surface area contributed by atoms with Crippen molar-refractivity contribution in [2.75, 3.05) is 12.3 Å². The first-order valence-electron chi connectivity index (χ1n) is 5.93. The lowest BCUT2D eigenvalue weighted by atomic mass is 10.2. The fourth-order valence-electron chi connectivity index (χ4n) is 1.64. The minimum Gasteiger partial charge on any atom is -0.397 e. The molecule has 2 aromatic heterocycles. The Balaban J connectivity index is 2.33. The number of aryl methyl sites for hydroxylation is 1. The Morgan fingerprint density at radius 1 is 1.50 bits per heavy atom. The van der Waals surface area contributed by atoms with E-state index in [1.807, 2.05) is 19.1 Å². The number of aromatic nitrogens is 1. The third-order valence-electron chi connectivity index (χ3n) is 2.61. The number of nitrogen functional groups attached to an aromatic ring is 1. The molecule has 18 heavy (non-hydrogen) atoms. The van der Waals surface area contributed by atoms with Crippen LogP contribution in [0.15, 0.2) is 12.1 Å². The lowest BCUT2D eigenvalue weighted by Crippen LogP contribution is -2.27. The summed E-state index contributed by atoms with van der Waals surface area (Å²) in [7, 11) is 0. The number of hydrogen-bond acceptors (Lipinski definition) is 4. The van der Waals surface area contributed by atoms with Crippen molar-refractivity contribution in [1.82, 2.24) is 10.3 Å². The highest BCUT2D eigenvalue weighted by Gasteiger charge is 2.17. The lowest BCUT2D eigenvalue weighted by Gasteiger charge is -2.06. The van der Waals surface area contributed by atoms with Gasteiger partial charge in [-0.05, 0) is 25.0 Å². The Kier molecular flexibility index (Phi) is 3.52. The zero-order chi connectivity index (χ0) is 13.3. The van der Waals surface area contributed by atoms with Crippen LogP contribution < -0.4 is 11.1 Å². The molecule has 0 aliphatic rings. The summed E-state index contributed by atoms with van der Waals surface area (Å²) in [6.07, 6.45) is 0. The standard InChI is InChI=1S/C13H17N3OS/c1-7(2)6-15-12(17)11-10(14)9-5-4-8(3)16-13(9)18-11/h4-5,7H,6,14H2,1-3H3,(H,15,17). The molecule has 0 saturated carbocycles. The highest BCUT2D eigenvalue weighted by Crippen LogP contribution is 2.32. The molecule has 4 nitrogen and oxygen atoms in total. The van der Waals surface area contributed by atoms with Gasteiger partial charge in [0, 0.05) is 17.6 Å². The SMILES string of the molecule is Cc1ccc2c(N)c(C(=O)NCC(C)C)sc2n1. The molecule has 1 amide bonds. The van der Waals surface area contributed by atoms with E-state index in [4.69, 9.17) is 5.73 Å². The van der Waals surface area contributed by atoms with Gasteiger partial charge in [-0.2, -0.15) is 0 Å². The van der Waals surface area contributed by atoms with Crippen molar-refractivity contribution in [3.05, 3.63) is 22.7 Å². The van der Waals surface area contributed by atoms with Gasteiger partial charge in [-0.3, -0.25) is 4.79 Å². The first-order chi connectivity index (χ1) is 8.49. The summed E-state index contributed by atoms with van der Waals surface area (Å²) in [5, 5.41) is 3.74. The first-order valence-corrected chi connectivity index (χ1v) is 6.74. The second kappa shape index (κ2) is 4.94. The number of anilines is 1. The van der Waals surface area contributed by atoms with Crippen molar-refractivity contribution in [2.24, 2.45) is 5.92 Å². The van der Waals surface area contributed by atoms with Crippen LogP contribution in [0, 0.1) is 12.8 Å². The average Bonchev–Trinajstić information content (AvgIpc) is 2.63. The molecule has 0 saturated heterocycles. The molecule has 0 radical (unpaired) electrons. The number of pyridine rings is 1. The Morgan fingerprint density at radius 2 is 2.22 bits per heavy atom. The number of amides is 1. The zero-order valence-electron chi connectivity index (χ0n) is 10.8. The molecule has 0 atom stereocenters. The number of nitrogens with two attached hydrogens (primary N) is 1. The molecule has 2 aromatic rings. The number of carbonyl (C=O) groups is 1. The molecule has 96 valence electrons. The number of carbonyl (C=O) groups excluding carboxylic acids is 1. The van der Waals surface area contributed by atoms with Gasteiger partial charge in [0.05, 0.1) is 5.69 Å². The van der Waals surface area contributed by atoms with Gasteiger partial charge >= 0.3 is 0 Å². The van der Waals surface area contributed by atoms with E-state index in [2.05, 4.69) is 24.1 Å². The summed E-state index contributed by atoms with van der Waals surface area (Å²) in [5.74, 6) is 0.312. The zero-order valence-corrected chi connectivity index (χ0v) is 11.6. The molecule has 0 aliphatic heterocycles. The predicted molar refractivity (Wildman–Crippen MR) is 75.9 cm³/mol. The highest BCUT2D eigenvalue weighted by molar-refractivity contribution is 7.21. The lowest BCUT2D eigenvalue weighted by molar-refractivity contribution is 0.0954. The van der Waals surface area contributed by atoms with E-state index in [0.717, 1.165) is 15.9 Å². The van der Waals surface area contributed by atoms with Gasteiger partial charge in [0.15, 0.2) is 0 Å². The average molecular weight is 263 g/mol. The molecular formula is C13H17N3OS. The fraction of sp³-hybridized carbons (Fsp3) is 0.385. The van der Waals surface area contributed by atoms with Gasteiger partial charge in [-0.25, -0.2) is 4.98 Å². The normalized spacial score (nSPS) is 11.1. The Morgan fingerprint density at radius 3 is 2.89 bits per heavy atom. The molecule has 0 bridgehead atoms. The van der Waals surface area contributed by atoms with E-state index in [1.165, 1.54) is 11.3 Å². The smallest absolute Gasteiger partial charge is 0.263 e. The predicted octanol–water partition coefficient (Wildman–Crippen LogP) is 2.57. The maximum absolute atomic E-state index is 12.0. The monoisotopic (exact) mass is 263 g/mol. The molecule has 3 N–H and O–H groups in total. The summed E-state index contributed by atoms with van der Waals surface area (Å²) in [5.41, 5.74) is 7.47. The molecular weight excluding hydrogens is 246 g/mol. The van der Waals surface area contributed by atoms with Crippen molar-refractivity contribution in [3.8, 4) is 0 Å². The van der Waals surface area contributed by atoms with Crippen LogP contribution >= 0.6 is 11.3 Å². The number of hydrogen-bond donors (Lipinski definition) is 2. The number of nitrogens with one attached hydrogen (secondary N) is 1. The third-order valence-corrected chi connectivity index (χ3v) is 3.72. The summed E-state index contributed by atoms with van der Waals surface area (Å²) >= 11 is 1.35. The molecule has 0 aromatic carbocycles.